The summed E-state index contributed by atoms with van der Waals surface area (Å²) in [6.45, 7) is 7.02. The Balaban J connectivity index is 0.000000828. The number of nitrogens with one attached hydrogen (secondary N) is 2. The molecule has 0 bridgehead atoms. The average molecular weight is 630 g/mol. The lowest BCUT2D eigenvalue weighted by Gasteiger charge is -2.25. The molecule has 1 saturated heterocycles. The number of hydrogen-bond donors (Lipinski definition) is 3. The smallest absolute Gasteiger partial charge is 0.219 e. The van der Waals surface area contributed by atoms with Crippen LogP contribution in [0.3, 0.4) is 0 Å². The first-order valence-electron chi connectivity index (χ1n) is 15.0. The minimum atomic E-state index is -0.484. The lowest BCUT2D eigenvalue weighted by molar-refractivity contribution is 0.0775. The number of pyridine rings is 1. The second kappa shape index (κ2) is 13.7. The van der Waals surface area contributed by atoms with Crippen LogP contribution >= 0.6 is 12.1 Å². The van der Waals surface area contributed by atoms with E-state index in [9.17, 15) is 9.18 Å². The molecule has 2 fully saturated rings. The van der Waals surface area contributed by atoms with Crippen molar-refractivity contribution in [1.29, 1.82) is 0 Å². The first kappa shape index (κ1) is 30.6. The molecule has 4 N–H and O–H groups in total. The fourth-order valence-corrected chi connectivity index (χ4v) is 5.62. The van der Waals surface area contributed by atoms with E-state index >= 15 is 0 Å². The van der Waals surface area contributed by atoms with E-state index in [-0.39, 0.29) is 28.8 Å². The maximum Gasteiger partial charge on any atom is 0.219 e. The molecule has 0 amide bonds. The predicted octanol–water partition coefficient (Wildman–Crippen LogP) is 6.98. The van der Waals surface area contributed by atoms with Gasteiger partial charge in [0.25, 0.3) is 0 Å². The largest absolute Gasteiger partial charge is 0.436 e. The third kappa shape index (κ3) is 6.98. The summed E-state index contributed by atoms with van der Waals surface area (Å²) in [5.74, 6) is -0.274. The van der Waals surface area contributed by atoms with Gasteiger partial charge in [-0.25, -0.2) is 18.4 Å². The fraction of sp³-hybridized carbons (Fsp3) is 0.303. The van der Waals surface area contributed by atoms with Crippen molar-refractivity contribution in [3.63, 3.8) is 0 Å². The molecule has 0 unspecified atom stereocenters. The van der Waals surface area contributed by atoms with Gasteiger partial charge in [0.05, 0.1) is 48.2 Å². The normalized spacial score (nSPS) is 14.8. The Morgan fingerprint density at radius 2 is 1.80 bits per heavy atom. The maximum atomic E-state index is 14.0. The lowest BCUT2D eigenvalue weighted by Crippen LogP contribution is -2.32. The standard InChI is InChI=1S/C29H28FN7O3S.C4H8/c1-17-11-19-13-24(34-23(19)14-22(17)35-41-36-7-9-39-10-8-36)28(38)20-15-33-37(29(20)31)25-16-32-27(12-18(25)2)40-26-6-4-3-5-21(26)30;1-2-4-3-1/h3-6,11-16,34-35H,7-10,31H2,1-2H3;1-4H2. The van der Waals surface area contributed by atoms with Crippen molar-refractivity contribution in [2.24, 2.45) is 0 Å². The number of nitrogens with zero attached hydrogens (tertiary/aromatic N) is 4. The number of carbonyl (C=O) groups is 1. The predicted molar refractivity (Wildman–Crippen MR) is 176 cm³/mol. The highest BCUT2D eigenvalue weighted by Crippen LogP contribution is 2.30. The van der Waals surface area contributed by atoms with Crippen molar-refractivity contribution >= 4 is 40.3 Å². The zero-order chi connectivity index (χ0) is 31.3. The van der Waals surface area contributed by atoms with Crippen LogP contribution in [-0.4, -0.2) is 56.1 Å². The van der Waals surface area contributed by atoms with Gasteiger partial charge in [-0.15, -0.1) is 0 Å². The minimum absolute atomic E-state index is 0.0749. The highest BCUT2D eigenvalue weighted by Gasteiger charge is 2.21. The number of halogens is 1. The van der Waals surface area contributed by atoms with Crippen LogP contribution in [0.4, 0.5) is 15.9 Å². The number of aryl methyl sites for hydroxylation is 2. The van der Waals surface area contributed by atoms with Crippen LogP contribution < -0.4 is 15.2 Å². The number of benzene rings is 2. The number of para-hydroxylation sites is 1. The van der Waals surface area contributed by atoms with E-state index in [0.29, 0.717) is 11.4 Å². The monoisotopic (exact) mass is 629 g/mol. The summed E-state index contributed by atoms with van der Waals surface area (Å²) in [5.41, 5.74) is 11.2. The number of aromatic amines is 1. The first-order chi connectivity index (χ1) is 21.9. The van der Waals surface area contributed by atoms with Crippen molar-refractivity contribution in [3.8, 4) is 17.3 Å². The molecule has 3 aromatic heterocycles. The number of nitrogen functional groups attached to an aromatic ring is 1. The number of anilines is 2. The molecule has 1 saturated carbocycles. The molecule has 1 aliphatic heterocycles. The number of morpholine rings is 1. The molecule has 0 radical (unpaired) electrons. The van der Waals surface area contributed by atoms with E-state index < -0.39 is 5.82 Å². The first-order valence-corrected chi connectivity index (χ1v) is 15.8. The van der Waals surface area contributed by atoms with E-state index in [2.05, 4.69) is 24.1 Å². The number of aromatic nitrogens is 4. The number of ether oxygens (including phenoxy) is 2. The Morgan fingerprint density at radius 1 is 1.04 bits per heavy atom. The Morgan fingerprint density at radius 3 is 2.51 bits per heavy atom. The van der Waals surface area contributed by atoms with Gasteiger partial charge in [-0.05, 0) is 55.3 Å². The second-order valence-electron chi connectivity index (χ2n) is 11.1. The van der Waals surface area contributed by atoms with Crippen LogP contribution in [0, 0.1) is 19.7 Å². The average Bonchev–Trinajstić information content (AvgIpc) is 3.59. The topological polar surface area (TPSA) is 123 Å². The van der Waals surface area contributed by atoms with E-state index in [0.717, 1.165) is 54.0 Å². The number of fused-ring (bicyclic) bond motifs is 1. The molecule has 45 heavy (non-hydrogen) atoms. The SMILES string of the molecule is C1CCC1.Cc1cc2cc(C(=O)c3cnn(-c4cnc(Oc5ccccc5F)cc4C)c3N)[nH]c2cc1NSN1CCOCC1. The molecule has 0 spiro atoms. The van der Waals surface area contributed by atoms with Crippen molar-refractivity contribution in [3.05, 3.63) is 89.1 Å². The summed E-state index contributed by atoms with van der Waals surface area (Å²) in [5, 5.41) is 5.28. The van der Waals surface area contributed by atoms with Gasteiger partial charge in [0.1, 0.15) is 5.82 Å². The van der Waals surface area contributed by atoms with E-state index in [1.54, 1.807) is 30.3 Å². The Kier molecular flexibility index (Phi) is 9.34. The van der Waals surface area contributed by atoms with Crippen LogP contribution in [0.2, 0.25) is 0 Å². The molecular weight excluding hydrogens is 593 g/mol. The number of nitrogens with two attached hydrogens (primary N) is 1. The maximum absolute atomic E-state index is 14.0. The third-order valence-corrected chi connectivity index (χ3v) is 8.79. The number of carbonyl (C=O) groups excluding carboxylic acids is 1. The number of rotatable bonds is 8. The molecule has 5 aromatic rings. The van der Waals surface area contributed by atoms with Crippen LogP contribution in [0.1, 0.15) is 52.9 Å². The van der Waals surface area contributed by atoms with Crippen LogP contribution in [0.5, 0.6) is 11.6 Å². The third-order valence-electron chi connectivity index (χ3n) is 7.85. The molecule has 7 rings (SSSR count). The zero-order valence-corrected chi connectivity index (χ0v) is 26.1. The van der Waals surface area contributed by atoms with Crippen molar-refractivity contribution in [2.45, 2.75) is 39.5 Å². The Bertz CT molecular complexity index is 1810. The van der Waals surface area contributed by atoms with Gasteiger partial charge in [0, 0.05) is 42.2 Å². The summed E-state index contributed by atoms with van der Waals surface area (Å²) < 4.78 is 32.1. The van der Waals surface area contributed by atoms with Crippen molar-refractivity contribution in [1.82, 2.24) is 24.1 Å². The summed E-state index contributed by atoms with van der Waals surface area (Å²) in [6.07, 6.45) is 8.97. The highest BCUT2D eigenvalue weighted by atomic mass is 32.2. The summed E-state index contributed by atoms with van der Waals surface area (Å²) in [4.78, 5) is 21.0. The molecule has 10 nitrogen and oxygen atoms in total. The second-order valence-corrected chi connectivity index (χ2v) is 12.0. The van der Waals surface area contributed by atoms with Gasteiger partial charge in [-0.1, -0.05) is 37.8 Å². The Labute approximate surface area is 265 Å². The molecule has 4 heterocycles. The minimum Gasteiger partial charge on any atom is -0.436 e. The molecule has 2 aromatic carbocycles. The molecule has 0 atom stereocenters. The van der Waals surface area contributed by atoms with Crippen LogP contribution in [-0.2, 0) is 4.74 Å². The van der Waals surface area contributed by atoms with Gasteiger partial charge in [0.15, 0.2) is 11.6 Å². The summed E-state index contributed by atoms with van der Waals surface area (Å²) >= 11 is 1.55. The van der Waals surface area contributed by atoms with Gasteiger partial charge in [-0.2, -0.15) is 5.10 Å². The van der Waals surface area contributed by atoms with Gasteiger partial charge >= 0.3 is 0 Å². The number of ketones is 1. The lowest BCUT2D eigenvalue weighted by atomic mass is 10.0. The van der Waals surface area contributed by atoms with E-state index in [1.807, 2.05) is 32.0 Å². The van der Waals surface area contributed by atoms with Gasteiger partial charge < -0.3 is 24.9 Å². The van der Waals surface area contributed by atoms with Gasteiger partial charge in [0.2, 0.25) is 11.7 Å². The van der Waals surface area contributed by atoms with Crippen molar-refractivity contribution in [2.75, 3.05) is 36.8 Å². The number of hydrogen-bond acceptors (Lipinski definition) is 9. The van der Waals surface area contributed by atoms with Crippen molar-refractivity contribution < 1.29 is 18.7 Å². The van der Waals surface area contributed by atoms with Gasteiger partial charge in [-0.3, -0.25) is 4.79 Å². The molecular formula is C33H36FN7O3S. The quantitative estimate of drug-likeness (QED) is 0.123. The van der Waals surface area contributed by atoms with E-state index in [4.69, 9.17) is 15.2 Å². The van der Waals surface area contributed by atoms with E-state index in [1.165, 1.54) is 54.9 Å². The summed E-state index contributed by atoms with van der Waals surface area (Å²) in [6, 6.07) is 13.6. The zero-order valence-electron chi connectivity index (χ0n) is 25.3. The molecule has 234 valence electrons. The Hall–Kier alpha value is -4.39. The van der Waals surface area contributed by atoms with Crippen LogP contribution in [0.15, 0.2) is 60.9 Å². The number of H-pyrrole nitrogens is 1. The molecule has 12 heteroatoms. The molecule has 1 aliphatic carbocycles. The molecule has 2 aliphatic rings. The fourth-order valence-electron chi connectivity index (χ4n) is 4.84. The summed E-state index contributed by atoms with van der Waals surface area (Å²) in [7, 11) is 0. The van der Waals surface area contributed by atoms with Crippen LogP contribution in [0.25, 0.3) is 16.6 Å². The highest BCUT2D eigenvalue weighted by molar-refractivity contribution is 7.98.